The summed E-state index contributed by atoms with van der Waals surface area (Å²) in [6.45, 7) is 2.13. The second-order valence-electron chi connectivity index (χ2n) is 8.97. The van der Waals surface area contributed by atoms with Gasteiger partial charge in [-0.3, -0.25) is 19.7 Å². The molecule has 0 saturated heterocycles. The number of hydrogen-bond acceptors (Lipinski definition) is 6. The van der Waals surface area contributed by atoms with E-state index in [4.69, 9.17) is 11.6 Å². The van der Waals surface area contributed by atoms with Gasteiger partial charge in [-0.2, -0.15) is 0 Å². The maximum absolute atomic E-state index is 13.2. The lowest BCUT2D eigenvalue weighted by molar-refractivity contribution is -0.120. The smallest absolute Gasteiger partial charge is 0.283 e. The zero-order valence-corrected chi connectivity index (χ0v) is 22.7. The Kier molecular flexibility index (Phi) is 7.86. The summed E-state index contributed by atoms with van der Waals surface area (Å²) in [4.78, 5) is 44.5. The van der Waals surface area contributed by atoms with Gasteiger partial charge in [0.1, 0.15) is 10.7 Å². The van der Waals surface area contributed by atoms with Crippen LogP contribution in [0.2, 0.25) is 0 Å². The highest BCUT2D eigenvalue weighted by Crippen LogP contribution is 2.31. The molecule has 2 heterocycles. The van der Waals surface area contributed by atoms with Gasteiger partial charge >= 0.3 is 0 Å². The molecule has 4 aromatic rings. The van der Waals surface area contributed by atoms with E-state index >= 15 is 0 Å². The molecule has 3 aromatic carbocycles. The van der Waals surface area contributed by atoms with Gasteiger partial charge < -0.3 is 5.32 Å². The molecule has 3 amide bonds. The molecule has 2 N–H and O–H groups in total. The van der Waals surface area contributed by atoms with E-state index in [0.29, 0.717) is 22.1 Å². The van der Waals surface area contributed by atoms with Crippen LogP contribution in [0.5, 0.6) is 0 Å². The molecule has 39 heavy (non-hydrogen) atoms. The van der Waals surface area contributed by atoms with Gasteiger partial charge in [0, 0.05) is 22.2 Å². The number of anilines is 3. The van der Waals surface area contributed by atoms with Crippen LogP contribution in [0.1, 0.15) is 35.7 Å². The van der Waals surface area contributed by atoms with Crippen LogP contribution in [-0.4, -0.2) is 22.7 Å². The Morgan fingerprint density at radius 3 is 2.49 bits per heavy atom. The first-order valence-corrected chi connectivity index (χ1v) is 13.8. The second kappa shape index (κ2) is 11.6. The number of nitrogens with zero attached hydrogens (tertiary/aromatic N) is 2. The first-order valence-electron chi connectivity index (χ1n) is 12.5. The third-order valence-corrected chi connectivity index (χ3v) is 7.34. The number of hydrogen-bond donors (Lipinski definition) is 2. The van der Waals surface area contributed by atoms with E-state index in [1.807, 2.05) is 47.8 Å². The second-order valence-corrected chi connectivity index (χ2v) is 10.2. The Morgan fingerprint density at radius 1 is 0.974 bits per heavy atom. The minimum Gasteiger partial charge on any atom is -0.350 e. The van der Waals surface area contributed by atoms with Crippen LogP contribution in [0.15, 0.2) is 95.0 Å². The number of benzene rings is 3. The summed E-state index contributed by atoms with van der Waals surface area (Å²) in [6, 6.07) is 23.6. The summed E-state index contributed by atoms with van der Waals surface area (Å²) in [5.41, 5.74) is 4.08. The van der Waals surface area contributed by atoms with Gasteiger partial charge in [0.15, 0.2) is 5.13 Å². The van der Waals surface area contributed by atoms with Crippen LogP contribution in [-0.2, 0) is 16.0 Å². The van der Waals surface area contributed by atoms with Crippen LogP contribution in [0.3, 0.4) is 0 Å². The van der Waals surface area contributed by atoms with Crippen LogP contribution >= 0.6 is 22.9 Å². The molecule has 0 bridgehead atoms. The number of carbonyl (C=O) groups excluding carboxylic acids is 3. The van der Waals surface area contributed by atoms with Crippen molar-refractivity contribution < 1.29 is 14.4 Å². The maximum Gasteiger partial charge on any atom is 0.283 e. The fraction of sp³-hybridized carbons (Fsp3) is 0.133. The summed E-state index contributed by atoms with van der Waals surface area (Å²) >= 11 is 7.63. The number of nitrogens with one attached hydrogen (secondary N) is 2. The first kappa shape index (κ1) is 26.3. The fourth-order valence-corrected chi connectivity index (χ4v) is 5.09. The van der Waals surface area contributed by atoms with Gasteiger partial charge in [-0.15, -0.1) is 11.3 Å². The standard InChI is InChI=1S/C30H25ClN4O3S/c1-2-3-8-19-13-15-23(16-14-19)35-28(37)25(31)26(29(35)38)32-22-12-7-11-21(17-22)27(36)34-30-33-24(18-39-30)20-9-5-4-6-10-20/h4-7,9-18,32H,2-3,8H2,1H3,(H,33,34,36). The van der Waals surface area contributed by atoms with E-state index in [0.717, 1.165) is 41.0 Å². The highest BCUT2D eigenvalue weighted by Gasteiger charge is 2.39. The molecule has 9 heteroatoms. The molecule has 0 radical (unpaired) electrons. The van der Waals surface area contributed by atoms with Crippen molar-refractivity contribution in [1.29, 1.82) is 0 Å². The van der Waals surface area contributed by atoms with E-state index in [1.54, 1.807) is 36.4 Å². The Morgan fingerprint density at radius 2 is 1.74 bits per heavy atom. The normalized spacial score (nSPS) is 13.2. The van der Waals surface area contributed by atoms with Crippen LogP contribution in [0.4, 0.5) is 16.5 Å². The van der Waals surface area contributed by atoms with Crippen molar-refractivity contribution in [1.82, 2.24) is 4.98 Å². The van der Waals surface area contributed by atoms with Crippen molar-refractivity contribution in [2.24, 2.45) is 0 Å². The molecule has 196 valence electrons. The number of aromatic nitrogens is 1. The van der Waals surface area contributed by atoms with E-state index in [-0.39, 0.29) is 16.6 Å². The lowest BCUT2D eigenvalue weighted by Crippen LogP contribution is -2.32. The van der Waals surface area contributed by atoms with Gasteiger partial charge in [-0.25, -0.2) is 9.88 Å². The van der Waals surface area contributed by atoms with Gasteiger partial charge in [-0.1, -0.05) is 73.5 Å². The van der Waals surface area contributed by atoms with Crippen molar-refractivity contribution in [3.05, 3.63) is 106 Å². The van der Waals surface area contributed by atoms with Crippen molar-refractivity contribution in [2.75, 3.05) is 15.5 Å². The fourth-order valence-electron chi connectivity index (χ4n) is 4.16. The quantitative estimate of drug-likeness (QED) is 0.220. The molecule has 1 aromatic heterocycles. The topological polar surface area (TPSA) is 91.4 Å². The summed E-state index contributed by atoms with van der Waals surface area (Å²) < 4.78 is 0. The van der Waals surface area contributed by atoms with Crippen molar-refractivity contribution >= 4 is 57.2 Å². The molecule has 0 fully saturated rings. The van der Waals surface area contributed by atoms with Gasteiger partial charge in [0.25, 0.3) is 17.7 Å². The molecular formula is C30H25ClN4O3S. The summed E-state index contributed by atoms with van der Waals surface area (Å²) in [5, 5.41) is 7.89. The molecule has 0 spiro atoms. The molecule has 0 unspecified atom stereocenters. The van der Waals surface area contributed by atoms with E-state index in [2.05, 4.69) is 22.5 Å². The molecule has 0 aliphatic carbocycles. The van der Waals surface area contributed by atoms with Gasteiger partial charge in [0.2, 0.25) is 0 Å². The monoisotopic (exact) mass is 556 g/mol. The Labute approximate surface area is 235 Å². The molecular weight excluding hydrogens is 532 g/mol. The number of unbranched alkanes of at least 4 members (excludes halogenated alkanes) is 1. The highest BCUT2D eigenvalue weighted by molar-refractivity contribution is 7.14. The van der Waals surface area contributed by atoms with E-state index in [9.17, 15) is 14.4 Å². The third kappa shape index (κ3) is 5.77. The molecule has 7 nitrogen and oxygen atoms in total. The molecule has 0 atom stereocenters. The zero-order valence-electron chi connectivity index (χ0n) is 21.1. The minimum absolute atomic E-state index is 0.0401. The summed E-state index contributed by atoms with van der Waals surface area (Å²) in [5.74, 6) is -1.51. The van der Waals surface area contributed by atoms with Crippen molar-refractivity contribution in [3.8, 4) is 11.3 Å². The molecule has 5 rings (SSSR count). The molecule has 1 aliphatic rings. The summed E-state index contributed by atoms with van der Waals surface area (Å²) in [7, 11) is 0. The lowest BCUT2D eigenvalue weighted by Gasteiger charge is -2.16. The minimum atomic E-state index is -0.600. The first-order chi connectivity index (χ1) is 18.9. The number of halogens is 1. The predicted octanol–water partition coefficient (Wildman–Crippen LogP) is 6.84. The number of amides is 3. The largest absolute Gasteiger partial charge is 0.350 e. The van der Waals surface area contributed by atoms with Crippen LogP contribution < -0.4 is 15.5 Å². The van der Waals surface area contributed by atoms with Crippen molar-refractivity contribution in [2.45, 2.75) is 26.2 Å². The van der Waals surface area contributed by atoms with Crippen LogP contribution in [0.25, 0.3) is 11.3 Å². The predicted molar refractivity (Wildman–Crippen MR) is 156 cm³/mol. The SMILES string of the molecule is CCCCc1ccc(N2C(=O)C(Cl)=C(Nc3cccc(C(=O)Nc4nc(-c5ccccc5)cs4)c3)C2=O)cc1. The highest BCUT2D eigenvalue weighted by atomic mass is 35.5. The number of imide groups is 1. The average molecular weight is 557 g/mol. The Hall–Kier alpha value is -4.27. The average Bonchev–Trinajstić information content (AvgIpc) is 3.51. The third-order valence-electron chi connectivity index (χ3n) is 6.23. The van der Waals surface area contributed by atoms with Gasteiger partial charge in [0.05, 0.1) is 11.4 Å². The number of thiazole rings is 1. The molecule has 0 saturated carbocycles. The molecule has 1 aliphatic heterocycles. The zero-order chi connectivity index (χ0) is 27.4. The number of aryl methyl sites for hydroxylation is 1. The van der Waals surface area contributed by atoms with E-state index < -0.39 is 11.8 Å². The Balaban J connectivity index is 1.28. The lowest BCUT2D eigenvalue weighted by atomic mass is 10.1. The maximum atomic E-state index is 13.2. The summed E-state index contributed by atoms with van der Waals surface area (Å²) in [6.07, 6.45) is 3.09. The Bertz CT molecular complexity index is 1560. The van der Waals surface area contributed by atoms with Crippen molar-refractivity contribution in [3.63, 3.8) is 0 Å². The van der Waals surface area contributed by atoms with Crippen LogP contribution in [0, 0.1) is 0 Å². The number of rotatable bonds is 9. The van der Waals surface area contributed by atoms with E-state index in [1.165, 1.54) is 11.3 Å². The van der Waals surface area contributed by atoms with Gasteiger partial charge in [-0.05, 0) is 48.7 Å². The number of carbonyl (C=O) groups is 3.